The Balaban J connectivity index is 4.17. The van der Waals surface area contributed by atoms with E-state index in [1.54, 1.807) is 0 Å². The van der Waals surface area contributed by atoms with Gasteiger partial charge in [-0.2, -0.15) is 12.7 Å². The molecule has 0 aliphatic carbocycles. The smallest absolute Gasteiger partial charge is 0.303 e. The van der Waals surface area contributed by atoms with E-state index in [0.717, 1.165) is 4.31 Å². The van der Waals surface area contributed by atoms with Gasteiger partial charge in [-0.3, -0.25) is 4.79 Å². The van der Waals surface area contributed by atoms with Crippen LogP contribution in [0.4, 0.5) is 0 Å². The predicted molar refractivity (Wildman–Crippen MR) is 70.4 cm³/mol. The molecule has 0 fully saturated rings. The Kier molecular flexibility index (Phi) is 7.42. The maximum Gasteiger partial charge on any atom is 0.303 e. The number of carboxylic acids is 1. The minimum absolute atomic E-state index is 0.128. The van der Waals surface area contributed by atoms with Crippen molar-refractivity contribution in [2.24, 2.45) is 11.8 Å². The van der Waals surface area contributed by atoms with Gasteiger partial charge in [0.2, 0.25) is 0 Å². The van der Waals surface area contributed by atoms with E-state index in [0.29, 0.717) is 25.3 Å². The maximum absolute atomic E-state index is 11.5. The van der Waals surface area contributed by atoms with Gasteiger partial charge in [-0.1, -0.05) is 13.8 Å². The molecule has 0 saturated heterocycles. The first kappa shape index (κ1) is 17.3. The molecule has 1 atom stereocenters. The number of nitrogens with one attached hydrogen (secondary N) is 1. The maximum atomic E-state index is 11.5. The summed E-state index contributed by atoms with van der Waals surface area (Å²) >= 11 is 0. The van der Waals surface area contributed by atoms with Crippen LogP contribution in [0.3, 0.4) is 0 Å². The molecule has 0 aromatic heterocycles. The van der Waals surface area contributed by atoms with Crippen LogP contribution in [0.2, 0.25) is 0 Å². The highest BCUT2D eigenvalue weighted by Gasteiger charge is 2.17. The monoisotopic (exact) mass is 280 g/mol. The molecule has 0 bridgehead atoms. The van der Waals surface area contributed by atoms with Gasteiger partial charge in [0, 0.05) is 27.1 Å². The average Bonchev–Trinajstić information content (AvgIpc) is 2.21. The van der Waals surface area contributed by atoms with Crippen molar-refractivity contribution in [3.05, 3.63) is 0 Å². The molecule has 0 amide bonds. The number of aliphatic carboxylic acids is 1. The topological polar surface area (TPSA) is 86.7 Å². The molecule has 108 valence electrons. The fourth-order valence-electron chi connectivity index (χ4n) is 1.62. The molecule has 6 nitrogen and oxygen atoms in total. The molecular weight excluding hydrogens is 256 g/mol. The minimum atomic E-state index is -3.38. The molecule has 18 heavy (non-hydrogen) atoms. The predicted octanol–water partition coefficient (Wildman–Crippen LogP) is 0.910. The summed E-state index contributed by atoms with van der Waals surface area (Å²) < 4.78 is 26.5. The van der Waals surface area contributed by atoms with Crippen molar-refractivity contribution >= 4 is 16.2 Å². The number of carbonyl (C=O) groups is 1. The Morgan fingerprint density at radius 2 is 1.83 bits per heavy atom. The molecular formula is C11H24N2O4S. The summed E-state index contributed by atoms with van der Waals surface area (Å²) in [6.07, 6.45) is 1.36. The van der Waals surface area contributed by atoms with Crippen LogP contribution >= 0.6 is 0 Å². The number of hydrogen-bond donors (Lipinski definition) is 2. The molecule has 0 aliphatic rings. The fourth-order valence-corrected chi connectivity index (χ4v) is 2.26. The molecule has 0 aromatic carbocycles. The zero-order valence-corrected chi connectivity index (χ0v) is 12.3. The highest BCUT2D eigenvalue weighted by atomic mass is 32.2. The average molecular weight is 280 g/mol. The van der Waals surface area contributed by atoms with E-state index in [4.69, 9.17) is 5.11 Å². The minimum Gasteiger partial charge on any atom is -0.481 e. The van der Waals surface area contributed by atoms with E-state index in [-0.39, 0.29) is 12.3 Å². The lowest BCUT2D eigenvalue weighted by atomic mass is 9.88. The summed E-state index contributed by atoms with van der Waals surface area (Å²) in [4.78, 5) is 10.5. The summed E-state index contributed by atoms with van der Waals surface area (Å²) in [5.74, 6) is -0.256. The van der Waals surface area contributed by atoms with Crippen LogP contribution in [0.25, 0.3) is 0 Å². The van der Waals surface area contributed by atoms with Crippen LogP contribution < -0.4 is 4.72 Å². The third-order valence-corrected chi connectivity index (χ3v) is 4.48. The van der Waals surface area contributed by atoms with E-state index >= 15 is 0 Å². The largest absolute Gasteiger partial charge is 0.481 e. The van der Waals surface area contributed by atoms with Gasteiger partial charge in [0.1, 0.15) is 0 Å². The van der Waals surface area contributed by atoms with E-state index < -0.39 is 16.2 Å². The second-order valence-electron chi connectivity index (χ2n) is 4.91. The normalized spacial score (nSPS) is 14.1. The first-order valence-corrected chi connectivity index (χ1v) is 7.49. The Bertz CT molecular complexity index is 352. The standard InChI is InChI=1S/C11H24N2O4S/c1-9(2)10(5-6-11(14)15)7-8-12-18(16,17)13(3)4/h9-10,12H,5-8H2,1-4H3,(H,14,15). The Labute approximate surface area is 110 Å². The van der Waals surface area contributed by atoms with Crippen molar-refractivity contribution in [2.75, 3.05) is 20.6 Å². The second-order valence-corrected chi connectivity index (χ2v) is 6.88. The van der Waals surface area contributed by atoms with Crippen LogP contribution in [-0.4, -0.2) is 44.4 Å². The van der Waals surface area contributed by atoms with Crippen LogP contribution in [0, 0.1) is 11.8 Å². The van der Waals surface area contributed by atoms with Crippen molar-refractivity contribution in [1.29, 1.82) is 0 Å². The van der Waals surface area contributed by atoms with Crippen molar-refractivity contribution in [3.8, 4) is 0 Å². The van der Waals surface area contributed by atoms with Gasteiger partial charge in [-0.25, -0.2) is 4.72 Å². The zero-order valence-electron chi connectivity index (χ0n) is 11.5. The number of hydrogen-bond acceptors (Lipinski definition) is 3. The highest BCUT2D eigenvalue weighted by molar-refractivity contribution is 7.87. The van der Waals surface area contributed by atoms with Gasteiger partial charge in [0.05, 0.1) is 0 Å². The molecule has 0 rings (SSSR count). The number of rotatable bonds is 9. The van der Waals surface area contributed by atoms with Gasteiger partial charge in [0.15, 0.2) is 0 Å². The van der Waals surface area contributed by atoms with E-state index in [1.807, 2.05) is 13.8 Å². The first-order chi connectivity index (χ1) is 8.16. The van der Waals surface area contributed by atoms with Gasteiger partial charge in [-0.05, 0) is 24.7 Å². The highest BCUT2D eigenvalue weighted by Crippen LogP contribution is 2.20. The van der Waals surface area contributed by atoms with Gasteiger partial charge in [0.25, 0.3) is 10.2 Å². The number of nitrogens with zero attached hydrogens (tertiary/aromatic N) is 1. The van der Waals surface area contributed by atoms with Crippen molar-refractivity contribution in [2.45, 2.75) is 33.1 Å². The summed E-state index contributed by atoms with van der Waals surface area (Å²) in [5, 5.41) is 8.65. The van der Waals surface area contributed by atoms with E-state index in [9.17, 15) is 13.2 Å². The molecule has 0 radical (unpaired) electrons. The summed E-state index contributed by atoms with van der Waals surface area (Å²) in [6.45, 7) is 4.38. The second kappa shape index (κ2) is 7.70. The van der Waals surface area contributed by atoms with Crippen molar-refractivity contribution in [1.82, 2.24) is 9.03 Å². The molecule has 7 heteroatoms. The van der Waals surface area contributed by atoms with Crippen LogP contribution in [-0.2, 0) is 15.0 Å². The summed E-state index contributed by atoms with van der Waals surface area (Å²) in [7, 11) is -0.454. The first-order valence-electron chi connectivity index (χ1n) is 6.05. The van der Waals surface area contributed by atoms with Crippen LogP contribution in [0.15, 0.2) is 0 Å². The third kappa shape index (κ3) is 6.93. The van der Waals surface area contributed by atoms with Crippen molar-refractivity contribution in [3.63, 3.8) is 0 Å². The molecule has 0 saturated carbocycles. The van der Waals surface area contributed by atoms with Gasteiger partial charge in [-0.15, -0.1) is 0 Å². The molecule has 0 aliphatic heterocycles. The molecule has 1 unspecified atom stereocenters. The van der Waals surface area contributed by atoms with Gasteiger partial charge >= 0.3 is 5.97 Å². The molecule has 0 heterocycles. The molecule has 2 N–H and O–H groups in total. The Morgan fingerprint density at radius 3 is 2.22 bits per heavy atom. The lowest BCUT2D eigenvalue weighted by Gasteiger charge is -2.21. The Morgan fingerprint density at radius 1 is 1.28 bits per heavy atom. The lowest BCUT2D eigenvalue weighted by Crippen LogP contribution is -2.36. The molecule has 0 aromatic rings. The quantitative estimate of drug-likeness (QED) is 0.657. The van der Waals surface area contributed by atoms with Gasteiger partial charge < -0.3 is 5.11 Å². The Hall–Kier alpha value is -0.660. The summed E-state index contributed by atoms with van der Waals surface area (Å²) in [5.41, 5.74) is 0. The van der Waals surface area contributed by atoms with Crippen molar-refractivity contribution < 1.29 is 18.3 Å². The number of carboxylic acid groups (broad SMARTS) is 1. The van der Waals surface area contributed by atoms with E-state index in [1.165, 1.54) is 14.1 Å². The SMILES string of the molecule is CC(C)C(CCNS(=O)(=O)N(C)C)CCC(=O)O. The molecule has 0 spiro atoms. The zero-order chi connectivity index (χ0) is 14.3. The third-order valence-electron chi connectivity index (χ3n) is 2.95. The van der Waals surface area contributed by atoms with Crippen LogP contribution in [0.5, 0.6) is 0 Å². The van der Waals surface area contributed by atoms with Crippen LogP contribution in [0.1, 0.15) is 33.1 Å². The summed E-state index contributed by atoms with van der Waals surface area (Å²) in [6, 6.07) is 0. The lowest BCUT2D eigenvalue weighted by molar-refractivity contribution is -0.137. The van der Waals surface area contributed by atoms with E-state index in [2.05, 4.69) is 4.72 Å². The fraction of sp³-hybridized carbons (Fsp3) is 0.909.